The summed E-state index contributed by atoms with van der Waals surface area (Å²) in [7, 11) is 3.27. The molecule has 0 bridgehead atoms. The maximum atomic E-state index is 12.4. The molecule has 0 aliphatic carbocycles. The molecule has 0 radical (unpaired) electrons. The number of benzene rings is 2. The number of carbonyl (C=O) groups is 1. The predicted octanol–water partition coefficient (Wildman–Crippen LogP) is 3.31. The Morgan fingerprint density at radius 1 is 1.00 bits per heavy atom. The van der Waals surface area contributed by atoms with Crippen LogP contribution in [0.3, 0.4) is 0 Å². The van der Waals surface area contributed by atoms with Gasteiger partial charge in [0.15, 0.2) is 11.5 Å². The van der Waals surface area contributed by atoms with E-state index < -0.39 is 0 Å². The minimum absolute atomic E-state index is 0.233. The number of anilines is 2. The zero-order valence-corrected chi connectivity index (χ0v) is 16.4. The number of methoxy groups -OCH3 is 2. The molecule has 1 amide bonds. The Bertz CT molecular complexity index is 1010. The predicted molar refractivity (Wildman–Crippen MR) is 111 cm³/mol. The number of fused-ring (bicyclic) bond motifs is 1. The third-order valence-corrected chi connectivity index (χ3v) is 4.93. The highest BCUT2D eigenvalue weighted by Gasteiger charge is 2.21. The van der Waals surface area contributed by atoms with Crippen LogP contribution in [-0.2, 0) is 13.0 Å². The van der Waals surface area contributed by atoms with E-state index in [1.54, 1.807) is 26.6 Å². The van der Waals surface area contributed by atoms with Crippen molar-refractivity contribution < 1.29 is 14.3 Å². The van der Waals surface area contributed by atoms with Gasteiger partial charge in [0.05, 0.1) is 19.8 Å². The van der Waals surface area contributed by atoms with Crippen LogP contribution in [0.2, 0.25) is 0 Å². The van der Waals surface area contributed by atoms with Gasteiger partial charge in [-0.05, 0) is 41.8 Å². The summed E-state index contributed by atoms with van der Waals surface area (Å²) in [5.41, 5.74) is 3.54. The zero-order chi connectivity index (χ0) is 20.2. The first-order valence-electron chi connectivity index (χ1n) is 9.35. The quantitative estimate of drug-likeness (QED) is 0.720. The summed E-state index contributed by atoms with van der Waals surface area (Å²) >= 11 is 0. The molecule has 1 aliphatic heterocycles. The summed E-state index contributed by atoms with van der Waals surface area (Å²) in [5.74, 6) is 1.82. The second kappa shape index (κ2) is 8.18. The Labute approximate surface area is 169 Å². The molecular formula is C22H22N4O3. The van der Waals surface area contributed by atoms with Crippen LogP contribution in [0.5, 0.6) is 11.5 Å². The van der Waals surface area contributed by atoms with Crippen molar-refractivity contribution >= 4 is 17.5 Å². The van der Waals surface area contributed by atoms with Crippen LogP contribution in [0.15, 0.2) is 54.9 Å². The lowest BCUT2D eigenvalue weighted by Crippen LogP contribution is -2.32. The Balaban J connectivity index is 1.48. The lowest BCUT2D eigenvalue weighted by molar-refractivity contribution is 0.102. The van der Waals surface area contributed by atoms with Crippen LogP contribution in [0.25, 0.3) is 0 Å². The second-order valence-corrected chi connectivity index (χ2v) is 6.74. The molecule has 2 aromatic carbocycles. The molecule has 0 saturated heterocycles. The molecule has 1 aliphatic rings. The number of para-hydroxylation sites is 1. The summed E-state index contributed by atoms with van der Waals surface area (Å²) in [5, 5.41) is 2.84. The Hall–Kier alpha value is -3.61. The number of nitrogens with one attached hydrogen (secondary N) is 1. The third kappa shape index (κ3) is 3.99. The largest absolute Gasteiger partial charge is 0.493 e. The SMILES string of the molecule is COc1cc2c(cc1OC)CN(c1ncc(C(=O)Nc3ccccc3)cn1)CC2. The van der Waals surface area contributed by atoms with Gasteiger partial charge in [0, 0.05) is 31.2 Å². The topological polar surface area (TPSA) is 76.6 Å². The molecule has 7 nitrogen and oxygen atoms in total. The van der Waals surface area contributed by atoms with Crippen molar-refractivity contribution in [1.29, 1.82) is 0 Å². The standard InChI is InChI=1S/C22H22N4O3/c1-28-19-10-15-8-9-26(14-16(15)11-20(19)29-2)22-23-12-17(13-24-22)21(27)25-18-6-4-3-5-7-18/h3-7,10-13H,8-9,14H2,1-2H3,(H,25,27). The van der Waals surface area contributed by atoms with E-state index in [4.69, 9.17) is 9.47 Å². The highest BCUT2D eigenvalue weighted by molar-refractivity contribution is 6.03. The molecule has 0 saturated carbocycles. The van der Waals surface area contributed by atoms with Crippen molar-refractivity contribution in [3.63, 3.8) is 0 Å². The van der Waals surface area contributed by atoms with Gasteiger partial charge in [-0.25, -0.2) is 9.97 Å². The summed E-state index contributed by atoms with van der Waals surface area (Å²) < 4.78 is 10.8. The first kappa shape index (κ1) is 18.7. The number of carbonyl (C=O) groups excluding carboxylic acids is 1. The van der Waals surface area contributed by atoms with Gasteiger partial charge in [-0.15, -0.1) is 0 Å². The van der Waals surface area contributed by atoms with Gasteiger partial charge in [0.1, 0.15) is 0 Å². The van der Waals surface area contributed by atoms with Crippen molar-refractivity contribution in [3.8, 4) is 11.5 Å². The van der Waals surface area contributed by atoms with Crippen LogP contribution in [0.4, 0.5) is 11.6 Å². The van der Waals surface area contributed by atoms with Crippen LogP contribution in [0.1, 0.15) is 21.5 Å². The van der Waals surface area contributed by atoms with Gasteiger partial charge in [-0.1, -0.05) is 18.2 Å². The Morgan fingerprint density at radius 2 is 1.66 bits per heavy atom. The van der Waals surface area contributed by atoms with E-state index in [1.807, 2.05) is 42.5 Å². The molecule has 29 heavy (non-hydrogen) atoms. The van der Waals surface area contributed by atoms with E-state index in [0.29, 0.717) is 23.8 Å². The zero-order valence-electron chi connectivity index (χ0n) is 16.4. The molecule has 3 aromatic rings. The van der Waals surface area contributed by atoms with E-state index in [9.17, 15) is 4.79 Å². The number of rotatable bonds is 5. The molecule has 0 atom stereocenters. The van der Waals surface area contributed by atoms with Crippen molar-refractivity contribution in [2.75, 3.05) is 31.0 Å². The van der Waals surface area contributed by atoms with Crippen molar-refractivity contribution in [1.82, 2.24) is 9.97 Å². The van der Waals surface area contributed by atoms with Crippen LogP contribution >= 0.6 is 0 Å². The smallest absolute Gasteiger partial charge is 0.258 e. The second-order valence-electron chi connectivity index (χ2n) is 6.74. The average molecular weight is 390 g/mol. The van der Waals surface area contributed by atoms with Crippen LogP contribution in [0, 0.1) is 0 Å². The van der Waals surface area contributed by atoms with Crippen molar-refractivity contribution in [2.45, 2.75) is 13.0 Å². The first-order valence-corrected chi connectivity index (χ1v) is 9.35. The van der Waals surface area contributed by atoms with Gasteiger partial charge in [-0.2, -0.15) is 0 Å². The number of hydrogen-bond donors (Lipinski definition) is 1. The normalized spacial score (nSPS) is 12.8. The van der Waals surface area contributed by atoms with Gasteiger partial charge in [-0.3, -0.25) is 4.79 Å². The van der Waals surface area contributed by atoms with Gasteiger partial charge >= 0.3 is 0 Å². The number of hydrogen-bond acceptors (Lipinski definition) is 6. The van der Waals surface area contributed by atoms with Gasteiger partial charge in [0.25, 0.3) is 5.91 Å². The molecule has 0 fully saturated rings. The molecule has 148 valence electrons. The minimum Gasteiger partial charge on any atom is -0.493 e. The lowest BCUT2D eigenvalue weighted by atomic mass is 9.99. The number of amides is 1. The Kier molecular flexibility index (Phi) is 5.29. The average Bonchev–Trinajstić information content (AvgIpc) is 2.78. The maximum Gasteiger partial charge on any atom is 0.258 e. The van der Waals surface area contributed by atoms with E-state index in [2.05, 4.69) is 20.2 Å². The third-order valence-electron chi connectivity index (χ3n) is 4.93. The number of ether oxygens (including phenoxy) is 2. The Morgan fingerprint density at radius 3 is 2.31 bits per heavy atom. The van der Waals surface area contributed by atoms with E-state index in [1.165, 1.54) is 5.56 Å². The monoisotopic (exact) mass is 390 g/mol. The molecule has 0 spiro atoms. The molecule has 1 N–H and O–H groups in total. The number of nitrogens with zero attached hydrogens (tertiary/aromatic N) is 3. The van der Waals surface area contributed by atoms with Crippen LogP contribution < -0.4 is 19.7 Å². The molecular weight excluding hydrogens is 368 g/mol. The fourth-order valence-electron chi connectivity index (χ4n) is 3.38. The first-order chi connectivity index (χ1) is 14.2. The van der Waals surface area contributed by atoms with Gasteiger partial charge in [0.2, 0.25) is 5.95 Å². The highest BCUT2D eigenvalue weighted by atomic mass is 16.5. The fraction of sp³-hybridized carbons (Fsp3) is 0.227. The number of aromatic nitrogens is 2. The van der Waals surface area contributed by atoms with Crippen LogP contribution in [-0.4, -0.2) is 36.6 Å². The summed E-state index contributed by atoms with van der Waals surface area (Å²) in [6.07, 6.45) is 3.98. The summed E-state index contributed by atoms with van der Waals surface area (Å²) in [4.78, 5) is 23.3. The fourth-order valence-corrected chi connectivity index (χ4v) is 3.38. The maximum absolute atomic E-state index is 12.4. The lowest BCUT2D eigenvalue weighted by Gasteiger charge is -2.29. The van der Waals surface area contributed by atoms with Crippen molar-refractivity contribution in [2.24, 2.45) is 0 Å². The van der Waals surface area contributed by atoms with E-state index >= 15 is 0 Å². The minimum atomic E-state index is -0.233. The van der Waals surface area contributed by atoms with Gasteiger partial charge < -0.3 is 19.7 Å². The van der Waals surface area contributed by atoms with E-state index in [0.717, 1.165) is 30.0 Å². The van der Waals surface area contributed by atoms with Crippen molar-refractivity contribution in [3.05, 3.63) is 71.5 Å². The molecule has 7 heteroatoms. The summed E-state index contributed by atoms with van der Waals surface area (Å²) in [6.45, 7) is 1.46. The molecule has 2 heterocycles. The van der Waals surface area contributed by atoms with E-state index in [-0.39, 0.29) is 5.91 Å². The summed E-state index contributed by atoms with van der Waals surface area (Å²) in [6, 6.07) is 13.3. The molecule has 4 rings (SSSR count). The molecule has 1 aromatic heterocycles. The molecule has 0 unspecified atom stereocenters. The highest BCUT2D eigenvalue weighted by Crippen LogP contribution is 2.33.